The summed E-state index contributed by atoms with van der Waals surface area (Å²) in [5, 5.41) is 0.803. The molecule has 0 unspecified atom stereocenters. The summed E-state index contributed by atoms with van der Waals surface area (Å²) >= 11 is 5.99. The average Bonchev–Trinajstić information content (AvgIpc) is 3.22. The molecule has 5 rings (SSSR count). The van der Waals surface area contributed by atoms with Crippen LogP contribution in [0.5, 0.6) is 0 Å². The second-order valence-corrected chi connectivity index (χ2v) is 10.8. The molecule has 4 nitrogen and oxygen atoms in total. The van der Waals surface area contributed by atoms with Crippen LogP contribution in [0.3, 0.4) is 0 Å². The number of hydrogen-bond acceptors (Lipinski definition) is 2. The number of aromatic nitrogens is 2. The minimum Gasteiger partial charge on any atom is -0.303 e. The van der Waals surface area contributed by atoms with Gasteiger partial charge >= 0.3 is 5.69 Å². The Morgan fingerprint density at radius 3 is 1.97 bits per heavy atom. The van der Waals surface area contributed by atoms with Gasteiger partial charge in [-0.2, -0.15) is 0 Å². The average molecular weight is 516 g/mol. The number of imidazole rings is 1. The molecule has 4 aromatic rings. The SMILES string of the molecule is O=c1n(CCCCc2ccccc2)c2ccccc2n1C1CCN(CCCCc2ccc(Cl)cc2)CC1. The van der Waals surface area contributed by atoms with Gasteiger partial charge in [0.05, 0.1) is 11.0 Å². The Morgan fingerprint density at radius 2 is 1.27 bits per heavy atom. The number of hydrogen-bond donors (Lipinski definition) is 0. The largest absolute Gasteiger partial charge is 0.329 e. The minimum absolute atomic E-state index is 0.169. The molecule has 0 bridgehead atoms. The zero-order chi connectivity index (χ0) is 25.5. The van der Waals surface area contributed by atoms with Gasteiger partial charge < -0.3 is 4.90 Å². The molecule has 0 aliphatic carbocycles. The molecular formula is C32H38ClN3O. The van der Waals surface area contributed by atoms with Crippen molar-refractivity contribution in [3.8, 4) is 0 Å². The Balaban J connectivity index is 1.14. The summed E-state index contributed by atoms with van der Waals surface area (Å²) < 4.78 is 4.12. The van der Waals surface area contributed by atoms with Crippen LogP contribution in [0.25, 0.3) is 11.0 Å². The molecule has 1 aromatic heterocycles. The third-order valence-corrected chi connectivity index (χ3v) is 8.09. The molecule has 1 aliphatic rings. The van der Waals surface area contributed by atoms with Gasteiger partial charge in [0, 0.05) is 30.7 Å². The number of halogens is 1. The van der Waals surface area contributed by atoms with Crippen LogP contribution in [0.4, 0.5) is 0 Å². The third-order valence-electron chi connectivity index (χ3n) is 7.83. The fourth-order valence-electron chi connectivity index (χ4n) is 5.76. The fourth-order valence-corrected chi connectivity index (χ4v) is 5.89. The standard InChI is InChI=1S/C32H38ClN3O/c33-28-18-16-27(17-19-28)13-6-8-22-34-24-20-29(21-25-34)36-31-15-5-4-14-30(31)35(32(36)37)23-9-7-12-26-10-2-1-3-11-26/h1-5,10-11,14-19,29H,6-9,12-13,20-25H2. The zero-order valence-electron chi connectivity index (χ0n) is 21.7. The molecule has 5 heteroatoms. The number of aryl methyl sites for hydroxylation is 3. The molecule has 1 aliphatic heterocycles. The molecule has 0 amide bonds. The van der Waals surface area contributed by atoms with Crippen LogP contribution in [0.15, 0.2) is 83.7 Å². The molecule has 194 valence electrons. The van der Waals surface area contributed by atoms with Gasteiger partial charge in [-0.25, -0.2) is 4.79 Å². The fraction of sp³-hybridized carbons (Fsp3) is 0.406. The summed E-state index contributed by atoms with van der Waals surface area (Å²) in [4.78, 5) is 16.2. The number of benzene rings is 3. The first-order valence-corrected chi connectivity index (χ1v) is 14.3. The first kappa shape index (κ1) is 25.8. The van der Waals surface area contributed by atoms with E-state index >= 15 is 0 Å². The van der Waals surface area contributed by atoms with E-state index in [0.29, 0.717) is 0 Å². The van der Waals surface area contributed by atoms with Gasteiger partial charge in [0.1, 0.15) is 0 Å². The van der Waals surface area contributed by atoms with Crippen molar-refractivity contribution in [1.82, 2.24) is 14.0 Å². The maximum absolute atomic E-state index is 13.6. The van der Waals surface area contributed by atoms with Crippen LogP contribution in [0, 0.1) is 0 Å². The van der Waals surface area contributed by atoms with Crippen molar-refractivity contribution in [2.45, 2.75) is 64.0 Å². The maximum Gasteiger partial charge on any atom is 0.329 e. The van der Waals surface area contributed by atoms with Gasteiger partial charge in [-0.15, -0.1) is 0 Å². The summed E-state index contributed by atoms with van der Waals surface area (Å²) in [6.45, 7) is 4.05. The number of fused-ring (bicyclic) bond motifs is 1. The first-order chi connectivity index (χ1) is 18.2. The van der Waals surface area contributed by atoms with Crippen molar-refractivity contribution in [2.75, 3.05) is 19.6 Å². The molecule has 2 heterocycles. The Labute approximate surface area is 225 Å². The van der Waals surface area contributed by atoms with E-state index in [9.17, 15) is 4.79 Å². The smallest absolute Gasteiger partial charge is 0.303 e. The van der Waals surface area contributed by atoms with Crippen molar-refractivity contribution < 1.29 is 0 Å². The molecule has 0 saturated carbocycles. The number of likely N-dealkylation sites (tertiary alicyclic amines) is 1. The van der Waals surface area contributed by atoms with Crippen LogP contribution in [-0.4, -0.2) is 33.7 Å². The zero-order valence-corrected chi connectivity index (χ0v) is 22.5. The highest BCUT2D eigenvalue weighted by atomic mass is 35.5. The lowest BCUT2D eigenvalue weighted by Gasteiger charge is -2.32. The molecular weight excluding hydrogens is 478 g/mol. The van der Waals surface area contributed by atoms with Gasteiger partial charge in [-0.05, 0) is 93.3 Å². The summed E-state index contributed by atoms with van der Waals surface area (Å²) in [6, 6.07) is 27.5. The molecule has 37 heavy (non-hydrogen) atoms. The topological polar surface area (TPSA) is 30.2 Å². The van der Waals surface area contributed by atoms with E-state index in [4.69, 9.17) is 11.6 Å². The Bertz CT molecular complexity index is 1320. The predicted octanol–water partition coefficient (Wildman–Crippen LogP) is 7.14. The van der Waals surface area contributed by atoms with Crippen molar-refractivity contribution in [3.63, 3.8) is 0 Å². The number of rotatable bonds is 11. The molecule has 3 aromatic carbocycles. The van der Waals surface area contributed by atoms with Crippen molar-refractivity contribution in [3.05, 3.63) is 105 Å². The lowest BCUT2D eigenvalue weighted by Crippen LogP contribution is -2.38. The highest BCUT2D eigenvalue weighted by molar-refractivity contribution is 6.30. The maximum atomic E-state index is 13.6. The van der Waals surface area contributed by atoms with E-state index in [0.717, 1.165) is 80.8 Å². The van der Waals surface area contributed by atoms with Crippen LogP contribution in [0.2, 0.25) is 5.02 Å². The Morgan fingerprint density at radius 1 is 0.676 bits per heavy atom. The predicted molar refractivity (Wildman–Crippen MR) is 155 cm³/mol. The van der Waals surface area contributed by atoms with Crippen molar-refractivity contribution in [2.24, 2.45) is 0 Å². The molecule has 0 spiro atoms. The number of piperidine rings is 1. The lowest BCUT2D eigenvalue weighted by molar-refractivity contribution is 0.183. The summed E-state index contributed by atoms with van der Waals surface area (Å²) in [5.41, 5.74) is 5.07. The Kier molecular flexibility index (Phi) is 8.80. The highest BCUT2D eigenvalue weighted by Crippen LogP contribution is 2.26. The van der Waals surface area contributed by atoms with Crippen LogP contribution >= 0.6 is 11.6 Å². The van der Waals surface area contributed by atoms with E-state index in [1.165, 1.54) is 24.0 Å². The summed E-state index contributed by atoms with van der Waals surface area (Å²) in [5.74, 6) is 0. The van der Waals surface area contributed by atoms with Crippen LogP contribution < -0.4 is 5.69 Å². The normalized spacial score (nSPS) is 14.9. The van der Waals surface area contributed by atoms with Gasteiger partial charge in [-0.3, -0.25) is 9.13 Å². The van der Waals surface area contributed by atoms with Crippen molar-refractivity contribution in [1.29, 1.82) is 0 Å². The Hall–Kier alpha value is -2.82. The van der Waals surface area contributed by atoms with Crippen molar-refractivity contribution >= 4 is 22.6 Å². The van der Waals surface area contributed by atoms with E-state index in [1.54, 1.807) is 0 Å². The van der Waals surface area contributed by atoms with E-state index in [1.807, 2.05) is 16.7 Å². The summed E-state index contributed by atoms with van der Waals surface area (Å²) in [6.07, 6.45) is 8.75. The first-order valence-electron chi connectivity index (χ1n) is 13.9. The van der Waals surface area contributed by atoms with Gasteiger partial charge in [0.15, 0.2) is 0 Å². The third kappa shape index (κ3) is 6.55. The number of unbranched alkanes of at least 4 members (excludes halogenated alkanes) is 2. The van der Waals surface area contributed by atoms with Gasteiger partial charge in [0.2, 0.25) is 0 Å². The molecule has 0 radical (unpaired) electrons. The lowest BCUT2D eigenvalue weighted by atomic mass is 10.0. The van der Waals surface area contributed by atoms with Crippen LogP contribution in [-0.2, 0) is 19.4 Å². The molecule has 1 saturated heterocycles. The van der Waals surface area contributed by atoms with E-state index in [2.05, 4.69) is 76.2 Å². The molecule has 0 N–H and O–H groups in total. The highest BCUT2D eigenvalue weighted by Gasteiger charge is 2.24. The van der Waals surface area contributed by atoms with Crippen LogP contribution in [0.1, 0.15) is 55.7 Å². The second kappa shape index (κ2) is 12.6. The van der Waals surface area contributed by atoms with Gasteiger partial charge in [0.25, 0.3) is 0 Å². The van der Waals surface area contributed by atoms with E-state index in [-0.39, 0.29) is 11.7 Å². The number of para-hydroxylation sites is 2. The minimum atomic E-state index is 0.169. The number of nitrogens with zero attached hydrogens (tertiary/aromatic N) is 3. The van der Waals surface area contributed by atoms with E-state index < -0.39 is 0 Å². The molecule has 1 fully saturated rings. The second-order valence-electron chi connectivity index (χ2n) is 10.4. The monoisotopic (exact) mass is 515 g/mol. The summed E-state index contributed by atoms with van der Waals surface area (Å²) in [7, 11) is 0. The quantitative estimate of drug-likeness (QED) is 0.199. The van der Waals surface area contributed by atoms with Gasteiger partial charge in [-0.1, -0.05) is 66.2 Å². The molecule has 0 atom stereocenters.